The lowest BCUT2D eigenvalue weighted by Crippen LogP contribution is -2.34. The van der Waals surface area contributed by atoms with Crippen LogP contribution in [-0.4, -0.2) is 24.3 Å². The lowest BCUT2D eigenvalue weighted by Gasteiger charge is -2.33. The summed E-state index contributed by atoms with van der Waals surface area (Å²) in [5.41, 5.74) is 0.914. The van der Waals surface area contributed by atoms with Crippen LogP contribution in [-0.2, 0) is 11.2 Å². The number of aliphatic hydroxyl groups is 1. The third-order valence-electron chi connectivity index (χ3n) is 5.15. The first-order chi connectivity index (χ1) is 12.9. The number of rotatable bonds is 11. The van der Waals surface area contributed by atoms with Crippen molar-refractivity contribution < 1.29 is 19.3 Å². The predicted octanol–water partition coefficient (Wildman–Crippen LogP) is 5.48. The van der Waals surface area contributed by atoms with Gasteiger partial charge in [0, 0.05) is 0 Å². The van der Waals surface area contributed by atoms with Crippen LogP contribution in [0.5, 0.6) is 11.5 Å². The standard InChI is InChI=1S/C23H36O4/c1-18(2)7-5-8-19(3)9-6-13-23(4)14-12-20-15-21(26-17-25-16-24)10-11-22(20)27-23/h6,10-11,13,15,18-19,24H,5,7-9,12,14,16-17H2,1-4H3. The van der Waals surface area contributed by atoms with E-state index in [1.54, 1.807) is 0 Å². The number of hydrogen-bond acceptors (Lipinski definition) is 4. The molecule has 1 aromatic carbocycles. The van der Waals surface area contributed by atoms with Gasteiger partial charge in [-0.15, -0.1) is 0 Å². The van der Waals surface area contributed by atoms with Crippen molar-refractivity contribution in [3.63, 3.8) is 0 Å². The Bertz CT molecular complexity index is 596. The minimum absolute atomic E-state index is 0.0476. The summed E-state index contributed by atoms with van der Waals surface area (Å²) in [6, 6.07) is 5.84. The first-order valence-corrected chi connectivity index (χ1v) is 10.2. The van der Waals surface area contributed by atoms with Crippen LogP contribution in [0.2, 0.25) is 0 Å². The molecule has 0 aromatic heterocycles. The fourth-order valence-electron chi connectivity index (χ4n) is 3.43. The van der Waals surface area contributed by atoms with E-state index in [9.17, 15) is 0 Å². The molecule has 0 amide bonds. The molecule has 0 fully saturated rings. The average molecular weight is 377 g/mol. The van der Waals surface area contributed by atoms with Crippen LogP contribution < -0.4 is 9.47 Å². The normalized spacial score (nSPS) is 20.5. The van der Waals surface area contributed by atoms with E-state index in [-0.39, 0.29) is 19.2 Å². The molecule has 0 radical (unpaired) electrons. The Morgan fingerprint density at radius 3 is 2.81 bits per heavy atom. The fraction of sp³-hybridized carbons (Fsp3) is 0.652. The molecule has 1 aliphatic heterocycles. The molecule has 0 saturated carbocycles. The first-order valence-electron chi connectivity index (χ1n) is 10.2. The molecule has 2 unspecified atom stereocenters. The van der Waals surface area contributed by atoms with Crippen LogP contribution in [0.4, 0.5) is 0 Å². The number of ether oxygens (including phenoxy) is 3. The molecular weight excluding hydrogens is 340 g/mol. The van der Waals surface area contributed by atoms with E-state index in [2.05, 4.69) is 39.8 Å². The average Bonchev–Trinajstić information content (AvgIpc) is 2.61. The van der Waals surface area contributed by atoms with Gasteiger partial charge in [-0.1, -0.05) is 46.1 Å². The summed E-state index contributed by atoms with van der Waals surface area (Å²) in [6.45, 7) is 8.80. The third-order valence-corrected chi connectivity index (χ3v) is 5.15. The summed E-state index contributed by atoms with van der Waals surface area (Å²) in [5, 5.41) is 8.63. The summed E-state index contributed by atoms with van der Waals surface area (Å²) in [4.78, 5) is 0. The molecule has 0 spiro atoms. The number of allylic oxidation sites excluding steroid dienone is 1. The molecule has 1 N–H and O–H groups in total. The highest BCUT2D eigenvalue weighted by atomic mass is 16.7. The molecule has 2 atom stereocenters. The highest BCUT2D eigenvalue weighted by Gasteiger charge is 2.29. The topological polar surface area (TPSA) is 47.9 Å². The van der Waals surface area contributed by atoms with E-state index < -0.39 is 0 Å². The summed E-state index contributed by atoms with van der Waals surface area (Å²) in [7, 11) is 0. The van der Waals surface area contributed by atoms with Crippen molar-refractivity contribution in [1.82, 2.24) is 0 Å². The highest BCUT2D eigenvalue weighted by Crippen LogP contribution is 2.36. The third kappa shape index (κ3) is 7.55. The Hall–Kier alpha value is -1.52. The van der Waals surface area contributed by atoms with Crippen LogP contribution >= 0.6 is 0 Å². The number of aryl methyl sites for hydroxylation is 1. The monoisotopic (exact) mass is 376 g/mol. The number of aliphatic hydroxyl groups excluding tert-OH is 1. The van der Waals surface area contributed by atoms with E-state index in [0.717, 1.165) is 48.2 Å². The van der Waals surface area contributed by atoms with Crippen LogP contribution in [0.3, 0.4) is 0 Å². The Labute approximate surface area is 164 Å². The lowest BCUT2D eigenvalue weighted by atomic mass is 9.91. The minimum Gasteiger partial charge on any atom is -0.483 e. The summed E-state index contributed by atoms with van der Waals surface area (Å²) in [6.07, 6.45) is 11.5. The Morgan fingerprint density at radius 2 is 2.07 bits per heavy atom. The molecule has 0 bridgehead atoms. The summed E-state index contributed by atoms with van der Waals surface area (Å²) < 4.78 is 16.5. The van der Waals surface area contributed by atoms with Gasteiger partial charge in [0.25, 0.3) is 0 Å². The summed E-state index contributed by atoms with van der Waals surface area (Å²) in [5.74, 6) is 3.18. The number of hydrogen-bond donors (Lipinski definition) is 1. The maximum atomic E-state index is 8.63. The van der Waals surface area contributed by atoms with Crippen LogP contribution in [0.1, 0.15) is 65.4 Å². The van der Waals surface area contributed by atoms with Crippen LogP contribution in [0.25, 0.3) is 0 Å². The van der Waals surface area contributed by atoms with Crippen molar-refractivity contribution >= 4 is 0 Å². The minimum atomic E-state index is -0.338. The smallest absolute Gasteiger partial charge is 0.191 e. The van der Waals surface area contributed by atoms with Crippen molar-refractivity contribution in [3.8, 4) is 11.5 Å². The second-order valence-corrected chi connectivity index (χ2v) is 8.35. The summed E-state index contributed by atoms with van der Waals surface area (Å²) >= 11 is 0. The van der Waals surface area contributed by atoms with Crippen molar-refractivity contribution in [2.24, 2.45) is 11.8 Å². The molecule has 1 aliphatic rings. The van der Waals surface area contributed by atoms with Crippen LogP contribution in [0, 0.1) is 11.8 Å². The van der Waals surface area contributed by atoms with Gasteiger partial charge in [0.2, 0.25) is 0 Å². The first kappa shape index (κ1) is 21.8. The van der Waals surface area contributed by atoms with Gasteiger partial charge in [-0.3, -0.25) is 0 Å². The van der Waals surface area contributed by atoms with Gasteiger partial charge < -0.3 is 19.3 Å². The molecular formula is C23H36O4. The van der Waals surface area contributed by atoms with E-state index >= 15 is 0 Å². The van der Waals surface area contributed by atoms with Gasteiger partial charge in [0.05, 0.1) is 0 Å². The van der Waals surface area contributed by atoms with Gasteiger partial charge in [-0.05, 0) is 67.9 Å². The second-order valence-electron chi connectivity index (χ2n) is 8.35. The maximum Gasteiger partial charge on any atom is 0.191 e. The molecule has 4 heteroatoms. The van der Waals surface area contributed by atoms with Gasteiger partial charge in [0.15, 0.2) is 6.79 Å². The van der Waals surface area contributed by atoms with Crippen molar-refractivity contribution in [1.29, 1.82) is 0 Å². The Kier molecular flexibility index (Phi) is 8.65. The molecule has 0 saturated heterocycles. The van der Waals surface area contributed by atoms with Crippen LogP contribution in [0.15, 0.2) is 30.4 Å². The van der Waals surface area contributed by atoms with Gasteiger partial charge in [-0.25, -0.2) is 0 Å². The zero-order chi connectivity index (χ0) is 19.7. The van der Waals surface area contributed by atoms with E-state index in [1.165, 1.54) is 19.3 Å². The SMILES string of the molecule is CC(C)CCCC(C)CC=CC1(C)CCc2cc(OCOCO)ccc2O1. The maximum absolute atomic E-state index is 8.63. The molecule has 0 aliphatic carbocycles. The molecule has 152 valence electrons. The largest absolute Gasteiger partial charge is 0.483 e. The van der Waals surface area contributed by atoms with Crippen molar-refractivity contribution in [3.05, 3.63) is 35.9 Å². The Morgan fingerprint density at radius 1 is 1.26 bits per heavy atom. The van der Waals surface area contributed by atoms with Crippen molar-refractivity contribution in [2.45, 2.75) is 71.8 Å². The molecule has 1 heterocycles. The quantitative estimate of drug-likeness (QED) is 0.315. The molecule has 4 nitrogen and oxygen atoms in total. The Balaban J connectivity index is 1.84. The van der Waals surface area contributed by atoms with Gasteiger partial charge >= 0.3 is 0 Å². The fourth-order valence-corrected chi connectivity index (χ4v) is 3.43. The predicted molar refractivity (Wildman–Crippen MR) is 109 cm³/mol. The highest BCUT2D eigenvalue weighted by molar-refractivity contribution is 5.42. The van der Waals surface area contributed by atoms with E-state index in [4.69, 9.17) is 19.3 Å². The zero-order valence-electron chi connectivity index (χ0n) is 17.4. The number of benzene rings is 1. The molecule has 2 rings (SSSR count). The molecule has 1 aromatic rings. The second kappa shape index (κ2) is 10.7. The van der Waals surface area contributed by atoms with E-state index in [1.807, 2.05) is 18.2 Å². The van der Waals surface area contributed by atoms with Crippen molar-refractivity contribution in [2.75, 3.05) is 13.6 Å². The lowest BCUT2D eigenvalue weighted by molar-refractivity contribution is -0.0654. The molecule has 27 heavy (non-hydrogen) atoms. The number of fused-ring (bicyclic) bond motifs is 1. The van der Waals surface area contributed by atoms with E-state index in [0.29, 0.717) is 0 Å². The van der Waals surface area contributed by atoms with Gasteiger partial charge in [-0.2, -0.15) is 0 Å². The van der Waals surface area contributed by atoms with Gasteiger partial charge in [0.1, 0.15) is 23.9 Å². The zero-order valence-corrected chi connectivity index (χ0v) is 17.4.